The van der Waals surface area contributed by atoms with Crippen LogP contribution in [0.1, 0.15) is 35.2 Å². The van der Waals surface area contributed by atoms with Gasteiger partial charge in [0.05, 0.1) is 18.8 Å². The molecule has 0 radical (unpaired) electrons. The zero-order valence-corrected chi connectivity index (χ0v) is 14.9. The van der Waals surface area contributed by atoms with Gasteiger partial charge >= 0.3 is 6.03 Å². The largest absolute Gasteiger partial charge is 0.371 e. The van der Waals surface area contributed by atoms with Crippen molar-refractivity contribution in [2.75, 3.05) is 39.1 Å². The molecule has 3 rings (SSSR count). The van der Waals surface area contributed by atoms with Gasteiger partial charge in [-0.15, -0.1) is 0 Å². The number of amides is 3. The van der Waals surface area contributed by atoms with E-state index in [2.05, 4.69) is 5.32 Å². The molecular weight excluding hydrogens is 320 g/mol. The van der Waals surface area contributed by atoms with Gasteiger partial charge in [-0.3, -0.25) is 4.79 Å². The third-order valence-electron chi connectivity index (χ3n) is 4.92. The Morgan fingerprint density at radius 3 is 2.72 bits per heavy atom. The van der Waals surface area contributed by atoms with Gasteiger partial charge in [0.1, 0.15) is 0 Å². The average molecular weight is 346 g/mol. The standard InChI is InChI=1S/C18H26N4O3/c1-21(2)11-14-5-4-13(16(19)23)10-15(14)20-17(24)22-8-9-25-18(12-22)6-3-7-18/h4-5,10H,3,6-9,11-12H2,1-2H3,(H2,19,23)(H,20,24). The second kappa shape index (κ2) is 7.01. The minimum Gasteiger partial charge on any atom is -0.371 e. The van der Waals surface area contributed by atoms with Gasteiger partial charge < -0.3 is 25.6 Å². The van der Waals surface area contributed by atoms with Crippen LogP contribution in [-0.2, 0) is 11.3 Å². The molecule has 7 heteroatoms. The number of benzene rings is 1. The molecule has 1 aromatic rings. The summed E-state index contributed by atoms with van der Waals surface area (Å²) in [5.41, 5.74) is 7.19. The first-order valence-corrected chi connectivity index (χ1v) is 8.66. The van der Waals surface area contributed by atoms with E-state index in [9.17, 15) is 9.59 Å². The van der Waals surface area contributed by atoms with E-state index < -0.39 is 5.91 Å². The lowest BCUT2D eigenvalue weighted by Crippen LogP contribution is -2.57. The van der Waals surface area contributed by atoms with Gasteiger partial charge in [-0.05, 0) is 51.1 Å². The fourth-order valence-electron chi connectivity index (χ4n) is 3.41. The molecule has 1 aliphatic carbocycles. The first-order chi connectivity index (χ1) is 11.9. The summed E-state index contributed by atoms with van der Waals surface area (Å²) in [5, 5.41) is 2.96. The predicted octanol–water partition coefficient (Wildman–Crippen LogP) is 1.63. The number of hydrogen-bond acceptors (Lipinski definition) is 4. The molecule has 1 saturated carbocycles. The van der Waals surface area contributed by atoms with Crippen LogP contribution in [0.3, 0.4) is 0 Å². The summed E-state index contributed by atoms with van der Waals surface area (Å²) in [6.07, 6.45) is 3.18. The number of nitrogens with one attached hydrogen (secondary N) is 1. The minimum atomic E-state index is -0.508. The van der Waals surface area contributed by atoms with Crippen molar-refractivity contribution >= 4 is 17.6 Å². The molecule has 0 atom stereocenters. The maximum Gasteiger partial charge on any atom is 0.322 e. The smallest absolute Gasteiger partial charge is 0.322 e. The molecule has 0 aromatic heterocycles. The number of carbonyl (C=O) groups is 2. The fraction of sp³-hybridized carbons (Fsp3) is 0.556. The van der Waals surface area contributed by atoms with Crippen LogP contribution in [0.25, 0.3) is 0 Å². The molecule has 1 aliphatic heterocycles. The summed E-state index contributed by atoms with van der Waals surface area (Å²) in [6.45, 7) is 2.42. The summed E-state index contributed by atoms with van der Waals surface area (Å²) in [7, 11) is 3.91. The van der Waals surface area contributed by atoms with Crippen molar-refractivity contribution in [3.8, 4) is 0 Å². The highest BCUT2D eigenvalue weighted by atomic mass is 16.5. The number of nitrogens with two attached hydrogens (primary N) is 1. The van der Waals surface area contributed by atoms with Gasteiger partial charge in [-0.1, -0.05) is 6.07 Å². The average Bonchev–Trinajstić information content (AvgIpc) is 2.54. The molecule has 3 amide bonds. The van der Waals surface area contributed by atoms with Crippen molar-refractivity contribution in [3.63, 3.8) is 0 Å². The fourth-order valence-corrected chi connectivity index (χ4v) is 3.41. The highest BCUT2D eigenvalue weighted by molar-refractivity contribution is 5.96. The SMILES string of the molecule is CN(C)Cc1ccc(C(N)=O)cc1NC(=O)N1CCOC2(CCC2)C1. The zero-order valence-electron chi connectivity index (χ0n) is 14.9. The van der Waals surface area contributed by atoms with Gasteiger partial charge in [-0.2, -0.15) is 0 Å². The molecular formula is C18H26N4O3. The zero-order chi connectivity index (χ0) is 18.0. The van der Waals surface area contributed by atoms with Crippen LogP contribution >= 0.6 is 0 Å². The maximum atomic E-state index is 12.7. The second-order valence-corrected chi connectivity index (χ2v) is 7.21. The number of rotatable bonds is 4. The molecule has 1 aromatic carbocycles. The van der Waals surface area contributed by atoms with Crippen LogP contribution in [0.4, 0.5) is 10.5 Å². The Bertz CT molecular complexity index is 670. The molecule has 7 nitrogen and oxygen atoms in total. The highest BCUT2D eigenvalue weighted by Crippen LogP contribution is 2.38. The van der Waals surface area contributed by atoms with Gasteiger partial charge in [0.15, 0.2) is 0 Å². The summed E-state index contributed by atoms with van der Waals surface area (Å²) in [5.74, 6) is -0.508. The molecule has 136 valence electrons. The molecule has 1 heterocycles. The number of carbonyl (C=O) groups excluding carboxylic acids is 2. The van der Waals surface area contributed by atoms with Crippen LogP contribution < -0.4 is 11.1 Å². The summed E-state index contributed by atoms with van der Waals surface area (Å²) in [6, 6.07) is 5.02. The first-order valence-electron chi connectivity index (χ1n) is 8.66. The molecule has 3 N–H and O–H groups in total. The van der Waals surface area contributed by atoms with Crippen LogP contribution in [0.15, 0.2) is 18.2 Å². The Labute approximate surface area is 148 Å². The summed E-state index contributed by atoms with van der Waals surface area (Å²) < 4.78 is 5.87. The van der Waals surface area contributed by atoms with Crippen LogP contribution in [0.5, 0.6) is 0 Å². The van der Waals surface area contributed by atoms with Crippen LogP contribution in [-0.4, -0.2) is 61.1 Å². The van der Waals surface area contributed by atoms with Gasteiger partial charge in [0.25, 0.3) is 0 Å². The van der Waals surface area contributed by atoms with E-state index in [1.807, 2.05) is 25.1 Å². The quantitative estimate of drug-likeness (QED) is 0.867. The van der Waals surface area contributed by atoms with Crippen molar-refractivity contribution in [1.29, 1.82) is 0 Å². The number of primary amides is 1. The van der Waals surface area contributed by atoms with Crippen LogP contribution in [0, 0.1) is 0 Å². The Kier molecular flexibility index (Phi) is 4.96. The van der Waals surface area contributed by atoms with E-state index in [1.54, 1.807) is 17.0 Å². The number of morpholine rings is 1. The normalized spacial score (nSPS) is 18.9. The van der Waals surface area contributed by atoms with E-state index >= 15 is 0 Å². The number of anilines is 1. The van der Waals surface area contributed by atoms with Gasteiger partial charge in [0.2, 0.25) is 5.91 Å². The van der Waals surface area contributed by atoms with E-state index in [-0.39, 0.29) is 11.6 Å². The molecule has 0 unspecified atom stereocenters. The number of urea groups is 1. The lowest BCUT2D eigenvalue weighted by Gasteiger charge is -2.48. The van der Waals surface area contributed by atoms with E-state index in [0.717, 1.165) is 24.8 Å². The molecule has 1 saturated heterocycles. The summed E-state index contributed by atoms with van der Waals surface area (Å²) >= 11 is 0. The monoisotopic (exact) mass is 346 g/mol. The van der Waals surface area contributed by atoms with Crippen molar-refractivity contribution in [3.05, 3.63) is 29.3 Å². The Hall–Kier alpha value is -2.12. The predicted molar refractivity (Wildman–Crippen MR) is 95.5 cm³/mol. The molecule has 2 aliphatic rings. The highest BCUT2D eigenvalue weighted by Gasteiger charge is 2.43. The van der Waals surface area contributed by atoms with E-state index in [1.165, 1.54) is 0 Å². The lowest BCUT2D eigenvalue weighted by molar-refractivity contribution is -0.140. The van der Waals surface area contributed by atoms with E-state index in [4.69, 9.17) is 10.5 Å². The van der Waals surface area contributed by atoms with Crippen molar-refractivity contribution < 1.29 is 14.3 Å². The minimum absolute atomic E-state index is 0.142. The molecule has 1 spiro atoms. The van der Waals surface area contributed by atoms with E-state index in [0.29, 0.717) is 37.5 Å². The first kappa shape index (κ1) is 17.7. The van der Waals surface area contributed by atoms with Crippen molar-refractivity contribution in [1.82, 2.24) is 9.80 Å². The second-order valence-electron chi connectivity index (χ2n) is 7.21. The maximum absolute atomic E-state index is 12.7. The number of nitrogens with zero attached hydrogens (tertiary/aromatic N) is 2. The van der Waals surface area contributed by atoms with Gasteiger partial charge in [0, 0.05) is 24.3 Å². The topological polar surface area (TPSA) is 87.9 Å². The summed E-state index contributed by atoms with van der Waals surface area (Å²) in [4.78, 5) is 28.0. The molecule has 25 heavy (non-hydrogen) atoms. The van der Waals surface area contributed by atoms with Crippen molar-refractivity contribution in [2.45, 2.75) is 31.4 Å². The lowest BCUT2D eigenvalue weighted by atomic mass is 9.79. The Morgan fingerprint density at radius 2 is 2.12 bits per heavy atom. The number of ether oxygens (including phenoxy) is 1. The van der Waals surface area contributed by atoms with Crippen molar-refractivity contribution in [2.24, 2.45) is 5.73 Å². The van der Waals surface area contributed by atoms with Gasteiger partial charge in [-0.25, -0.2) is 4.79 Å². The third kappa shape index (κ3) is 3.93. The molecule has 2 fully saturated rings. The Morgan fingerprint density at radius 1 is 1.36 bits per heavy atom. The third-order valence-corrected chi connectivity index (χ3v) is 4.92. The number of hydrogen-bond donors (Lipinski definition) is 2. The Balaban J connectivity index is 1.76. The molecule has 0 bridgehead atoms. The van der Waals surface area contributed by atoms with Crippen LogP contribution in [0.2, 0.25) is 0 Å².